The molecule has 0 aliphatic carbocycles. The molecule has 58 valence electrons. The molecule has 0 atom stereocenters. The zero-order valence-electron chi connectivity index (χ0n) is 6.13. The highest BCUT2D eigenvalue weighted by Crippen LogP contribution is 2.14. The maximum Gasteiger partial charge on any atom is 0.109 e. The number of halogens is 1. The van der Waals surface area contributed by atoms with E-state index >= 15 is 0 Å². The Bertz CT molecular complexity index is 258. The fraction of sp³-hybridized carbons (Fsp3) is 0.125. The van der Waals surface area contributed by atoms with Crippen molar-refractivity contribution >= 4 is 11.6 Å². The van der Waals surface area contributed by atoms with E-state index in [0.29, 0.717) is 5.57 Å². The first-order valence-electron chi connectivity index (χ1n) is 2.93. The number of hydrogen-bond donors (Lipinski definition) is 1. The number of rotatable bonds is 2. The Labute approximate surface area is 70.7 Å². The van der Waals surface area contributed by atoms with Crippen molar-refractivity contribution in [3.05, 3.63) is 35.1 Å². The molecule has 0 spiro atoms. The summed E-state index contributed by atoms with van der Waals surface area (Å²) in [5.74, 6) is -0.162. The third kappa shape index (κ3) is 3.49. The van der Waals surface area contributed by atoms with E-state index in [0.717, 1.165) is 0 Å². The number of aliphatic hydroxyl groups excluding tert-OH is 1. The average molecular weight is 170 g/mol. The van der Waals surface area contributed by atoms with E-state index in [1.807, 2.05) is 6.07 Å². The lowest BCUT2D eigenvalue weighted by atomic mass is 10.2. The number of hydrogen-bond acceptors (Lipinski definition) is 2. The highest BCUT2D eigenvalue weighted by atomic mass is 35.5. The van der Waals surface area contributed by atoms with E-state index in [4.69, 9.17) is 22.0 Å². The lowest BCUT2D eigenvalue weighted by molar-refractivity contribution is 0.435. The molecule has 0 aromatic heterocycles. The summed E-state index contributed by atoms with van der Waals surface area (Å²) >= 11 is 5.59. The van der Waals surface area contributed by atoms with E-state index < -0.39 is 0 Å². The van der Waals surface area contributed by atoms with Crippen molar-refractivity contribution in [3.8, 4) is 6.07 Å². The summed E-state index contributed by atoms with van der Waals surface area (Å²) in [6, 6.07) is 1.87. The quantitative estimate of drug-likeness (QED) is 0.392. The van der Waals surface area contributed by atoms with Crippen molar-refractivity contribution in [2.75, 3.05) is 0 Å². The Morgan fingerprint density at radius 2 is 2.27 bits per heavy atom. The van der Waals surface area contributed by atoms with Crippen molar-refractivity contribution in [2.24, 2.45) is 0 Å². The molecule has 0 aliphatic rings. The zero-order chi connectivity index (χ0) is 8.85. The van der Waals surface area contributed by atoms with Gasteiger partial charge in [-0.15, -0.1) is 0 Å². The van der Waals surface area contributed by atoms with Crippen molar-refractivity contribution in [3.63, 3.8) is 0 Å². The van der Waals surface area contributed by atoms with Gasteiger partial charge >= 0.3 is 0 Å². The summed E-state index contributed by atoms with van der Waals surface area (Å²) < 4.78 is 0. The molecule has 0 unspecified atom stereocenters. The largest absolute Gasteiger partial charge is 0.509 e. The lowest BCUT2D eigenvalue weighted by Gasteiger charge is -1.92. The van der Waals surface area contributed by atoms with Crippen molar-refractivity contribution in [1.82, 2.24) is 0 Å². The minimum Gasteiger partial charge on any atom is -0.509 e. The molecule has 0 bridgehead atoms. The third-order valence-electron chi connectivity index (χ3n) is 0.960. The van der Waals surface area contributed by atoms with Gasteiger partial charge in [0, 0.05) is 0 Å². The number of nitrogens with zero attached hydrogens (tertiary/aromatic N) is 1. The van der Waals surface area contributed by atoms with Gasteiger partial charge in [0.25, 0.3) is 0 Å². The summed E-state index contributed by atoms with van der Waals surface area (Å²) in [6.07, 6.45) is 2.78. The predicted molar refractivity (Wildman–Crippen MR) is 45.1 cm³/mol. The Hall–Kier alpha value is -1.20. The molecular weight excluding hydrogens is 162 g/mol. The van der Waals surface area contributed by atoms with Gasteiger partial charge in [0.2, 0.25) is 0 Å². The fourth-order valence-corrected chi connectivity index (χ4v) is 0.757. The van der Waals surface area contributed by atoms with Crippen LogP contribution in [0.5, 0.6) is 0 Å². The molecule has 0 saturated heterocycles. The van der Waals surface area contributed by atoms with Gasteiger partial charge in [-0.05, 0) is 13.0 Å². The van der Waals surface area contributed by atoms with Crippen LogP contribution in [0.1, 0.15) is 6.92 Å². The second kappa shape index (κ2) is 4.59. The molecule has 3 heteroatoms. The van der Waals surface area contributed by atoms with Crippen LogP contribution in [0.25, 0.3) is 0 Å². The van der Waals surface area contributed by atoms with E-state index in [9.17, 15) is 0 Å². The number of aliphatic hydroxyl groups is 1. The molecule has 0 aliphatic heterocycles. The topological polar surface area (TPSA) is 44.0 Å². The van der Waals surface area contributed by atoms with Gasteiger partial charge in [-0.3, -0.25) is 0 Å². The van der Waals surface area contributed by atoms with E-state index in [1.54, 1.807) is 13.0 Å². The van der Waals surface area contributed by atoms with Crippen molar-refractivity contribution in [2.45, 2.75) is 6.92 Å². The second-order valence-electron chi connectivity index (χ2n) is 1.80. The van der Waals surface area contributed by atoms with Gasteiger partial charge in [0.15, 0.2) is 0 Å². The molecule has 0 fully saturated rings. The SMILES string of the molecule is C=C(O)/C=C(Cl)\C(C#N)=C/C. The summed E-state index contributed by atoms with van der Waals surface area (Å²) in [7, 11) is 0. The molecule has 2 nitrogen and oxygen atoms in total. The summed E-state index contributed by atoms with van der Waals surface area (Å²) in [6.45, 7) is 4.89. The van der Waals surface area contributed by atoms with Gasteiger partial charge in [-0.25, -0.2) is 0 Å². The van der Waals surface area contributed by atoms with Gasteiger partial charge in [0.1, 0.15) is 11.8 Å². The van der Waals surface area contributed by atoms with Crippen LogP contribution in [-0.4, -0.2) is 5.11 Å². The molecule has 0 aromatic rings. The molecule has 0 heterocycles. The van der Waals surface area contributed by atoms with Crippen molar-refractivity contribution < 1.29 is 5.11 Å². The second-order valence-corrected chi connectivity index (χ2v) is 2.20. The summed E-state index contributed by atoms with van der Waals surface area (Å²) in [5, 5.41) is 17.3. The van der Waals surface area contributed by atoms with Crippen LogP contribution >= 0.6 is 11.6 Å². The molecule has 0 amide bonds. The van der Waals surface area contributed by atoms with Gasteiger partial charge < -0.3 is 5.11 Å². The fourth-order valence-electron chi connectivity index (χ4n) is 0.480. The van der Waals surface area contributed by atoms with Crippen LogP contribution in [-0.2, 0) is 0 Å². The Morgan fingerprint density at radius 1 is 1.73 bits per heavy atom. The third-order valence-corrected chi connectivity index (χ3v) is 1.27. The van der Waals surface area contributed by atoms with Gasteiger partial charge in [-0.1, -0.05) is 24.3 Å². The molecule has 0 radical (unpaired) electrons. The normalized spacial score (nSPS) is 12.5. The lowest BCUT2D eigenvalue weighted by Crippen LogP contribution is -1.79. The van der Waals surface area contributed by atoms with Crippen LogP contribution in [0.4, 0.5) is 0 Å². The highest BCUT2D eigenvalue weighted by molar-refractivity contribution is 6.32. The van der Waals surface area contributed by atoms with E-state index in [2.05, 4.69) is 6.58 Å². The Balaban J connectivity index is 4.63. The van der Waals surface area contributed by atoms with Gasteiger partial charge in [-0.2, -0.15) is 5.26 Å². The number of nitriles is 1. The number of allylic oxidation sites excluding steroid dienone is 4. The maximum atomic E-state index is 8.67. The minimum atomic E-state index is -0.162. The van der Waals surface area contributed by atoms with Crippen LogP contribution < -0.4 is 0 Å². The van der Waals surface area contributed by atoms with Crippen LogP contribution in [0.2, 0.25) is 0 Å². The average Bonchev–Trinajstić information content (AvgIpc) is 1.88. The molecular formula is C8H8ClNO. The molecule has 0 rings (SSSR count). The molecule has 0 aromatic carbocycles. The monoisotopic (exact) mass is 169 g/mol. The first kappa shape index (κ1) is 9.80. The zero-order valence-corrected chi connectivity index (χ0v) is 6.89. The summed E-state index contributed by atoms with van der Waals surface area (Å²) in [5.41, 5.74) is 0.321. The Morgan fingerprint density at radius 3 is 2.55 bits per heavy atom. The van der Waals surface area contributed by atoms with Crippen LogP contribution in [0.15, 0.2) is 35.1 Å². The molecule has 1 N–H and O–H groups in total. The van der Waals surface area contributed by atoms with Crippen LogP contribution in [0.3, 0.4) is 0 Å². The van der Waals surface area contributed by atoms with Crippen LogP contribution in [0, 0.1) is 11.3 Å². The smallest absolute Gasteiger partial charge is 0.109 e. The van der Waals surface area contributed by atoms with E-state index in [1.165, 1.54) is 6.08 Å². The van der Waals surface area contributed by atoms with Gasteiger partial charge in [0.05, 0.1) is 10.6 Å². The predicted octanol–water partition coefficient (Wildman–Crippen LogP) is 2.65. The van der Waals surface area contributed by atoms with E-state index in [-0.39, 0.29) is 10.8 Å². The van der Waals surface area contributed by atoms with Crippen molar-refractivity contribution in [1.29, 1.82) is 5.26 Å². The Kier molecular flexibility index (Phi) is 4.09. The highest BCUT2D eigenvalue weighted by Gasteiger charge is 1.98. The first-order valence-corrected chi connectivity index (χ1v) is 3.31. The minimum absolute atomic E-state index is 0.162. The molecule has 11 heavy (non-hydrogen) atoms. The summed E-state index contributed by atoms with van der Waals surface area (Å²) in [4.78, 5) is 0. The molecule has 0 saturated carbocycles. The standard InChI is InChI=1S/C8H8ClNO/c1-3-7(5-10)8(9)4-6(2)11/h3-4,11H,2H2,1H3/b7-3-,8-4+. The first-order chi connectivity index (χ1) is 5.11. The maximum absolute atomic E-state index is 8.67.